The second kappa shape index (κ2) is 8.66. The Balaban J connectivity index is 1.46. The Kier molecular flexibility index (Phi) is 6.25. The van der Waals surface area contributed by atoms with E-state index in [0.717, 1.165) is 25.0 Å². The van der Waals surface area contributed by atoms with Crippen molar-refractivity contribution in [2.45, 2.75) is 0 Å². The molecule has 1 aromatic carbocycles. The number of anilines is 2. The van der Waals surface area contributed by atoms with Crippen LogP contribution >= 0.6 is 11.6 Å². The topological polar surface area (TPSA) is 91.8 Å². The van der Waals surface area contributed by atoms with Crippen LogP contribution in [0.4, 0.5) is 11.4 Å². The SMILES string of the molecule is CS(=O)(=O)Nc1ccc(OCC(=O)N2CCN(c3ccc(Cl)cc3)CC2)nc1. The number of benzene rings is 1. The van der Waals surface area contributed by atoms with Crippen molar-refractivity contribution in [2.24, 2.45) is 0 Å². The van der Waals surface area contributed by atoms with Crippen molar-refractivity contribution in [1.82, 2.24) is 9.88 Å². The maximum Gasteiger partial charge on any atom is 0.260 e. The fraction of sp³-hybridized carbons (Fsp3) is 0.333. The summed E-state index contributed by atoms with van der Waals surface area (Å²) in [5.74, 6) is 0.142. The van der Waals surface area contributed by atoms with Gasteiger partial charge in [0.25, 0.3) is 5.91 Å². The maximum absolute atomic E-state index is 12.4. The Morgan fingerprint density at radius 1 is 1.14 bits per heavy atom. The minimum atomic E-state index is -3.36. The first-order chi connectivity index (χ1) is 13.3. The van der Waals surface area contributed by atoms with E-state index in [2.05, 4.69) is 14.6 Å². The molecule has 0 radical (unpaired) electrons. The van der Waals surface area contributed by atoms with Gasteiger partial charge in [-0.05, 0) is 30.3 Å². The van der Waals surface area contributed by atoms with Crippen LogP contribution in [0.2, 0.25) is 5.02 Å². The molecule has 10 heteroatoms. The number of aromatic nitrogens is 1. The number of piperazine rings is 1. The van der Waals surface area contributed by atoms with E-state index in [-0.39, 0.29) is 18.4 Å². The van der Waals surface area contributed by atoms with E-state index >= 15 is 0 Å². The van der Waals surface area contributed by atoms with Gasteiger partial charge in [0.2, 0.25) is 15.9 Å². The largest absolute Gasteiger partial charge is 0.468 e. The van der Waals surface area contributed by atoms with E-state index in [0.29, 0.717) is 23.8 Å². The van der Waals surface area contributed by atoms with Gasteiger partial charge in [0.1, 0.15) is 0 Å². The first kappa shape index (κ1) is 20.2. The van der Waals surface area contributed by atoms with Crippen LogP contribution in [-0.2, 0) is 14.8 Å². The minimum Gasteiger partial charge on any atom is -0.468 e. The first-order valence-electron chi connectivity index (χ1n) is 8.65. The predicted octanol–water partition coefficient (Wildman–Crippen LogP) is 1.83. The molecule has 0 saturated carbocycles. The Labute approximate surface area is 169 Å². The predicted molar refractivity (Wildman–Crippen MR) is 108 cm³/mol. The summed E-state index contributed by atoms with van der Waals surface area (Å²) < 4.78 is 30.1. The summed E-state index contributed by atoms with van der Waals surface area (Å²) in [5.41, 5.74) is 1.42. The summed E-state index contributed by atoms with van der Waals surface area (Å²) in [7, 11) is -3.36. The van der Waals surface area contributed by atoms with Gasteiger partial charge in [-0.1, -0.05) is 11.6 Å². The number of halogens is 1. The fourth-order valence-electron chi connectivity index (χ4n) is 2.83. The monoisotopic (exact) mass is 424 g/mol. The molecule has 1 N–H and O–H groups in total. The standard InChI is InChI=1S/C18H21ClN4O4S/c1-28(25,26)21-15-4-7-17(20-12-15)27-13-18(24)23-10-8-22(9-11-23)16-5-2-14(19)3-6-16/h2-7,12,21H,8-11,13H2,1H3. The molecule has 0 atom stereocenters. The molecule has 0 aliphatic carbocycles. The van der Waals surface area contributed by atoms with Gasteiger partial charge < -0.3 is 14.5 Å². The molecule has 2 aromatic rings. The summed E-state index contributed by atoms with van der Waals surface area (Å²) in [5, 5.41) is 0.698. The van der Waals surface area contributed by atoms with Crippen molar-refractivity contribution in [1.29, 1.82) is 0 Å². The van der Waals surface area contributed by atoms with Crippen LogP contribution in [0, 0.1) is 0 Å². The molecule has 0 spiro atoms. The van der Waals surface area contributed by atoms with Gasteiger partial charge >= 0.3 is 0 Å². The third-order valence-corrected chi connectivity index (χ3v) is 5.07. The number of ether oxygens (including phenoxy) is 1. The number of carbonyl (C=O) groups is 1. The lowest BCUT2D eigenvalue weighted by Gasteiger charge is -2.36. The van der Waals surface area contributed by atoms with Crippen LogP contribution < -0.4 is 14.4 Å². The van der Waals surface area contributed by atoms with Gasteiger partial charge in [-0.2, -0.15) is 0 Å². The molecule has 1 aliphatic heterocycles. The van der Waals surface area contributed by atoms with Crippen molar-refractivity contribution in [3.8, 4) is 5.88 Å². The van der Waals surface area contributed by atoms with Gasteiger partial charge in [0, 0.05) is 43.0 Å². The quantitative estimate of drug-likeness (QED) is 0.760. The van der Waals surface area contributed by atoms with E-state index in [1.54, 1.807) is 4.90 Å². The number of carbonyl (C=O) groups excluding carboxylic acids is 1. The van der Waals surface area contributed by atoms with Crippen LogP contribution in [0.15, 0.2) is 42.6 Å². The molecule has 1 saturated heterocycles. The lowest BCUT2D eigenvalue weighted by molar-refractivity contribution is -0.133. The number of rotatable bonds is 6. The highest BCUT2D eigenvalue weighted by Crippen LogP contribution is 2.19. The van der Waals surface area contributed by atoms with Gasteiger partial charge in [0.15, 0.2) is 6.61 Å². The van der Waals surface area contributed by atoms with Crippen molar-refractivity contribution < 1.29 is 17.9 Å². The molecule has 1 aliphatic rings. The van der Waals surface area contributed by atoms with E-state index in [4.69, 9.17) is 16.3 Å². The second-order valence-corrected chi connectivity index (χ2v) is 8.58. The average Bonchev–Trinajstić information content (AvgIpc) is 2.67. The molecular weight excluding hydrogens is 404 g/mol. The number of nitrogens with one attached hydrogen (secondary N) is 1. The van der Waals surface area contributed by atoms with Crippen molar-refractivity contribution in [3.05, 3.63) is 47.6 Å². The summed E-state index contributed by atoms with van der Waals surface area (Å²) in [6, 6.07) is 10.7. The number of hydrogen-bond acceptors (Lipinski definition) is 6. The van der Waals surface area contributed by atoms with Crippen LogP contribution in [0.3, 0.4) is 0 Å². The Bertz CT molecular complexity index is 912. The third kappa shape index (κ3) is 5.74. The molecule has 28 heavy (non-hydrogen) atoms. The van der Waals surface area contributed by atoms with E-state index in [1.807, 2.05) is 24.3 Å². The lowest BCUT2D eigenvalue weighted by Crippen LogP contribution is -2.50. The molecule has 2 heterocycles. The van der Waals surface area contributed by atoms with Crippen molar-refractivity contribution >= 4 is 38.9 Å². The Morgan fingerprint density at radius 3 is 2.39 bits per heavy atom. The van der Waals surface area contributed by atoms with Crippen molar-refractivity contribution in [3.63, 3.8) is 0 Å². The van der Waals surface area contributed by atoms with Gasteiger partial charge in [-0.15, -0.1) is 0 Å². The average molecular weight is 425 g/mol. The molecule has 1 aromatic heterocycles. The summed E-state index contributed by atoms with van der Waals surface area (Å²) in [6.45, 7) is 2.56. The van der Waals surface area contributed by atoms with E-state index < -0.39 is 10.0 Å². The lowest BCUT2D eigenvalue weighted by atomic mass is 10.2. The minimum absolute atomic E-state index is 0.115. The smallest absolute Gasteiger partial charge is 0.260 e. The Hall–Kier alpha value is -2.52. The molecular formula is C18H21ClN4O4S. The van der Waals surface area contributed by atoms with Crippen LogP contribution in [0.5, 0.6) is 5.88 Å². The normalized spacial score (nSPS) is 14.6. The number of pyridine rings is 1. The first-order valence-corrected chi connectivity index (χ1v) is 10.9. The molecule has 3 rings (SSSR count). The maximum atomic E-state index is 12.4. The fourth-order valence-corrected chi connectivity index (χ4v) is 3.51. The second-order valence-electron chi connectivity index (χ2n) is 6.39. The summed E-state index contributed by atoms with van der Waals surface area (Å²) >= 11 is 5.92. The number of nitrogens with zero attached hydrogens (tertiary/aromatic N) is 3. The van der Waals surface area contributed by atoms with Crippen LogP contribution in [-0.4, -0.2) is 63.3 Å². The third-order valence-electron chi connectivity index (χ3n) is 4.21. The molecule has 1 fully saturated rings. The van der Waals surface area contributed by atoms with Crippen LogP contribution in [0.25, 0.3) is 0 Å². The number of hydrogen-bond donors (Lipinski definition) is 1. The van der Waals surface area contributed by atoms with E-state index in [9.17, 15) is 13.2 Å². The highest BCUT2D eigenvalue weighted by atomic mass is 35.5. The zero-order chi connectivity index (χ0) is 20.1. The molecule has 0 bridgehead atoms. The molecule has 0 unspecified atom stereocenters. The molecule has 150 valence electrons. The van der Waals surface area contributed by atoms with Gasteiger partial charge in [-0.3, -0.25) is 9.52 Å². The summed E-state index contributed by atoms with van der Waals surface area (Å²) in [4.78, 5) is 20.3. The Morgan fingerprint density at radius 2 is 1.82 bits per heavy atom. The van der Waals surface area contributed by atoms with Gasteiger partial charge in [-0.25, -0.2) is 13.4 Å². The summed E-state index contributed by atoms with van der Waals surface area (Å²) in [6.07, 6.45) is 2.40. The molecule has 8 nitrogen and oxygen atoms in total. The zero-order valence-corrected chi connectivity index (χ0v) is 16.9. The van der Waals surface area contributed by atoms with Gasteiger partial charge in [0.05, 0.1) is 18.1 Å². The van der Waals surface area contributed by atoms with Crippen molar-refractivity contribution in [2.75, 3.05) is 48.7 Å². The molecule has 1 amide bonds. The van der Waals surface area contributed by atoms with Crippen LogP contribution in [0.1, 0.15) is 0 Å². The highest BCUT2D eigenvalue weighted by molar-refractivity contribution is 7.92. The number of sulfonamides is 1. The number of amides is 1. The highest BCUT2D eigenvalue weighted by Gasteiger charge is 2.21. The zero-order valence-electron chi connectivity index (χ0n) is 15.3. The van der Waals surface area contributed by atoms with E-state index in [1.165, 1.54) is 18.3 Å².